The maximum absolute atomic E-state index is 5.91. The number of nitrogens with one attached hydrogen (secondary N) is 2. The summed E-state index contributed by atoms with van der Waals surface area (Å²) >= 11 is 0. The lowest BCUT2D eigenvalue weighted by Gasteiger charge is -2.26. The van der Waals surface area contributed by atoms with Crippen molar-refractivity contribution < 1.29 is 9.47 Å². The predicted octanol–water partition coefficient (Wildman–Crippen LogP) is 5.25. The summed E-state index contributed by atoms with van der Waals surface area (Å²) in [6.07, 6.45) is 8.95. The Hall–Kier alpha value is -2.44. The summed E-state index contributed by atoms with van der Waals surface area (Å²) in [6, 6.07) is 16.2. The van der Waals surface area contributed by atoms with Gasteiger partial charge < -0.3 is 30.1 Å². The first kappa shape index (κ1) is 23.7. The van der Waals surface area contributed by atoms with Gasteiger partial charge in [-0.15, -0.1) is 0 Å². The molecule has 6 nitrogen and oxygen atoms in total. The zero-order chi connectivity index (χ0) is 22.6. The Balaban J connectivity index is 1.09. The average Bonchev–Trinajstić information content (AvgIpc) is 3.39. The molecule has 2 saturated heterocycles. The van der Waals surface area contributed by atoms with Crippen molar-refractivity contribution in [2.45, 2.75) is 44.9 Å². The van der Waals surface area contributed by atoms with Gasteiger partial charge >= 0.3 is 0 Å². The van der Waals surface area contributed by atoms with E-state index in [1.165, 1.54) is 58.3 Å². The molecule has 0 amide bonds. The maximum Gasteiger partial charge on any atom is 0.119 e. The van der Waals surface area contributed by atoms with Crippen LogP contribution in [0.25, 0.3) is 0 Å². The van der Waals surface area contributed by atoms with Gasteiger partial charge in [-0.05, 0) is 113 Å². The molecule has 0 aliphatic carbocycles. The largest absolute Gasteiger partial charge is 0.494 e. The van der Waals surface area contributed by atoms with Gasteiger partial charge in [0.2, 0.25) is 0 Å². The minimum absolute atomic E-state index is 0.772. The van der Waals surface area contributed by atoms with E-state index in [-0.39, 0.29) is 0 Å². The molecule has 0 radical (unpaired) electrons. The number of piperidine rings is 1. The van der Waals surface area contributed by atoms with Gasteiger partial charge in [-0.25, -0.2) is 0 Å². The molecule has 2 aromatic rings. The molecular formula is C27H40N4O2. The molecule has 6 heteroatoms. The van der Waals surface area contributed by atoms with Crippen LogP contribution in [0.15, 0.2) is 48.5 Å². The standard InChI is InChI=1S/C27H40N4O2/c1-2-16-30(17-3-1)20-6-22-32-26-12-8-24(9-13-26)28-29-25-10-14-27(15-11-25)33-23-7-21-31-18-4-5-19-31/h8-15,28-29H,1-7,16-23H2. The Morgan fingerprint density at radius 3 is 1.36 bits per heavy atom. The zero-order valence-electron chi connectivity index (χ0n) is 19.9. The van der Waals surface area contributed by atoms with Gasteiger partial charge in [-0.2, -0.15) is 0 Å². The summed E-state index contributed by atoms with van der Waals surface area (Å²) in [5.74, 6) is 1.84. The smallest absolute Gasteiger partial charge is 0.119 e. The summed E-state index contributed by atoms with van der Waals surface area (Å²) in [7, 11) is 0. The minimum atomic E-state index is 0.772. The van der Waals surface area contributed by atoms with Crippen molar-refractivity contribution in [3.63, 3.8) is 0 Å². The minimum Gasteiger partial charge on any atom is -0.494 e. The van der Waals surface area contributed by atoms with E-state index in [9.17, 15) is 0 Å². The lowest BCUT2D eigenvalue weighted by Crippen LogP contribution is -2.31. The number of hydrogen-bond acceptors (Lipinski definition) is 6. The number of hydrogen-bond donors (Lipinski definition) is 2. The van der Waals surface area contributed by atoms with Crippen molar-refractivity contribution >= 4 is 11.4 Å². The second-order valence-electron chi connectivity index (χ2n) is 9.15. The summed E-state index contributed by atoms with van der Waals surface area (Å²) in [5.41, 5.74) is 8.48. The summed E-state index contributed by atoms with van der Waals surface area (Å²) < 4.78 is 11.8. The highest BCUT2D eigenvalue weighted by molar-refractivity contribution is 5.54. The van der Waals surface area contributed by atoms with E-state index in [1.54, 1.807) is 0 Å². The van der Waals surface area contributed by atoms with Gasteiger partial charge in [0.25, 0.3) is 0 Å². The molecule has 0 unspecified atom stereocenters. The molecule has 0 aromatic heterocycles. The number of hydrazine groups is 1. The summed E-state index contributed by atoms with van der Waals surface area (Å²) in [4.78, 5) is 5.08. The van der Waals surface area contributed by atoms with Crippen molar-refractivity contribution in [2.75, 3.05) is 63.3 Å². The molecule has 0 atom stereocenters. The fourth-order valence-electron chi connectivity index (χ4n) is 4.56. The normalized spacial score (nSPS) is 17.1. The van der Waals surface area contributed by atoms with Gasteiger partial charge in [0, 0.05) is 13.1 Å². The molecule has 0 spiro atoms. The van der Waals surface area contributed by atoms with E-state index < -0.39 is 0 Å². The summed E-state index contributed by atoms with van der Waals surface area (Å²) in [5, 5.41) is 0. The predicted molar refractivity (Wildman–Crippen MR) is 136 cm³/mol. The quantitative estimate of drug-likeness (QED) is 0.320. The number of likely N-dealkylation sites (tertiary alicyclic amines) is 2. The monoisotopic (exact) mass is 452 g/mol. The van der Waals surface area contributed by atoms with Crippen molar-refractivity contribution in [1.82, 2.24) is 9.80 Å². The van der Waals surface area contributed by atoms with E-state index in [0.717, 1.165) is 62.0 Å². The molecule has 2 fully saturated rings. The van der Waals surface area contributed by atoms with Crippen molar-refractivity contribution in [3.8, 4) is 11.5 Å². The van der Waals surface area contributed by atoms with Gasteiger partial charge in [-0.3, -0.25) is 0 Å². The Kier molecular flexibility index (Phi) is 9.56. The maximum atomic E-state index is 5.91. The molecule has 0 saturated carbocycles. The van der Waals surface area contributed by atoms with Crippen LogP contribution in [0.4, 0.5) is 11.4 Å². The first-order valence-corrected chi connectivity index (χ1v) is 12.8. The molecule has 2 aliphatic rings. The Bertz CT molecular complexity index is 785. The van der Waals surface area contributed by atoms with E-state index >= 15 is 0 Å². The van der Waals surface area contributed by atoms with Crippen LogP contribution in [0, 0.1) is 0 Å². The molecule has 0 bridgehead atoms. The molecule has 2 heterocycles. The second-order valence-corrected chi connectivity index (χ2v) is 9.15. The first-order chi connectivity index (χ1) is 16.3. The van der Waals surface area contributed by atoms with E-state index in [2.05, 4.69) is 20.7 Å². The molecule has 180 valence electrons. The highest BCUT2D eigenvalue weighted by Gasteiger charge is 2.10. The van der Waals surface area contributed by atoms with Gasteiger partial charge in [-0.1, -0.05) is 6.42 Å². The number of rotatable bonds is 13. The Morgan fingerprint density at radius 1 is 0.545 bits per heavy atom. The van der Waals surface area contributed by atoms with Crippen LogP contribution in [-0.2, 0) is 0 Å². The third kappa shape index (κ3) is 8.45. The number of ether oxygens (including phenoxy) is 2. The van der Waals surface area contributed by atoms with Crippen LogP contribution in [0.2, 0.25) is 0 Å². The number of anilines is 2. The third-order valence-corrected chi connectivity index (χ3v) is 6.48. The fraction of sp³-hybridized carbons (Fsp3) is 0.556. The van der Waals surface area contributed by atoms with Crippen molar-refractivity contribution in [3.05, 3.63) is 48.5 Å². The topological polar surface area (TPSA) is 49.0 Å². The number of benzene rings is 2. The third-order valence-electron chi connectivity index (χ3n) is 6.48. The van der Waals surface area contributed by atoms with Gasteiger partial charge in [0.05, 0.1) is 24.6 Å². The van der Waals surface area contributed by atoms with Gasteiger partial charge in [0.1, 0.15) is 11.5 Å². The van der Waals surface area contributed by atoms with Crippen LogP contribution in [0.5, 0.6) is 11.5 Å². The van der Waals surface area contributed by atoms with Crippen molar-refractivity contribution in [1.29, 1.82) is 0 Å². The lowest BCUT2D eigenvalue weighted by atomic mass is 10.1. The second kappa shape index (κ2) is 13.3. The average molecular weight is 453 g/mol. The highest BCUT2D eigenvalue weighted by Crippen LogP contribution is 2.19. The van der Waals surface area contributed by atoms with E-state index in [4.69, 9.17) is 9.47 Å². The van der Waals surface area contributed by atoms with Crippen LogP contribution >= 0.6 is 0 Å². The van der Waals surface area contributed by atoms with Crippen LogP contribution in [0.1, 0.15) is 44.9 Å². The van der Waals surface area contributed by atoms with Gasteiger partial charge in [0.15, 0.2) is 0 Å². The lowest BCUT2D eigenvalue weighted by molar-refractivity contribution is 0.205. The first-order valence-electron chi connectivity index (χ1n) is 12.8. The SMILES string of the molecule is c1cc(OCCCN2CCCCC2)ccc1NNc1ccc(OCCCN2CCCC2)cc1. The Labute approximate surface area is 199 Å². The Morgan fingerprint density at radius 2 is 0.939 bits per heavy atom. The molecule has 2 aromatic carbocycles. The molecular weight excluding hydrogens is 412 g/mol. The van der Waals surface area contributed by atoms with Crippen molar-refractivity contribution in [2.24, 2.45) is 0 Å². The molecule has 4 rings (SSSR count). The highest BCUT2D eigenvalue weighted by atomic mass is 16.5. The zero-order valence-corrected chi connectivity index (χ0v) is 19.9. The van der Waals surface area contributed by atoms with Crippen LogP contribution < -0.4 is 20.3 Å². The van der Waals surface area contributed by atoms with E-state index in [1.807, 2.05) is 48.5 Å². The van der Waals surface area contributed by atoms with E-state index in [0.29, 0.717) is 0 Å². The molecule has 2 N–H and O–H groups in total. The molecule has 2 aliphatic heterocycles. The fourth-order valence-corrected chi connectivity index (χ4v) is 4.56. The van der Waals surface area contributed by atoms with Crippen LogP contribution in [-0.4, -0.2) is 62.3 Å². The number of nitrogens with zero attached hydrogens (tertiary/aromatic N) is 2. The van der Waals surface area contributed by atoms with Crippen LogP contribution in [0.3, 0.4) is 0 Å². The molecule has 33 heavy (non-hydrogen) atoms. The summed E-state index contributed by atoms with van der Waals surface area (Å²) in [6.45, 7) is 8.84.